The van der Waals surface area contributed by atoms with E-state index in [4.69, 9.17) is 4.74 Å². The normalized spacial score (nSPS) is 23.7. The molecule has 8 heteroatoms. The molecule has 8 nitrogen and oxygen atoms in total. The number of rotatable bonds is 11. The Morgan fingerprint density at radius 2 is 1.54 bits per heavy atom. The lowest BCUT2D eigenvalue weighted by Crippen LogP contribution is -2.55. The molecule has 1 aliphatic heterocycles. The zero-order valence-corrected chi connectivity index (χ0v) is 22.9. The number of cyclic esters (lactones) is 1. The van der Waals surface area contributed by atoms with E-state index >= 15 is 0 Å². The average molecular weight is 516 g/mol. The van der Waals surface area contributed by atoms with Gasteiger partial charge in [0.25, 0.3) is 0 Å². The van der Waals surface area contributed by atoms with Gasteiger partial charge in [0.05, 0.1) is 6.42 Å². The molecule has 1 aromatic carbocycles. The third kappa shape index (κ3) is 11.4. The fourth-order valence-electron chi connectivity index (χ4n) is 4.48. The Morgan fingerprint density at radius 1 is 0.865 bits per heavy atom. The lowest BCUT2D eigenvalue weighted by Gasteiger charge is -2.24. The zero-order valence-electron chi connectivity index (χ0n) is 22.9. The SMILES string of the molecule is CCCCCCCCC1CC(=O)N[C@@H](Cc2ccccc2)C(=O)N[C@@H](C)C(=O)NC(CC(C)C)C(=O)O1. The zero-order chi connectivity index (χ0) is 27.2. The summed E-state index contributed by atoms with van der Waals surface area (Å²) in [5.41, 5.74) is 0.886. The number of amides is 3. The maximum atomic E-state index is 13.1. The quantitative estimate of drug-likeness (QED) is 0.306. The van der Waals surface area contributed by atoms with Gasteiger partial charge in [0.1, 0.15) is 24.2 Å². The van der Waals surface area contributed by atoms with E-state index in [9.17, 15) is 19.2 Å². The maximum absolute atomic E-state index is 13.1. The molecule has 2 rings (SSSR count). The molecule has 2 unspecified atom stereocenters. The third-order valence-corrected chi connectivity index (χ3v) is 6.57. The van der Waals surface area contributed by atoms with Gasteiger partial charge in [0.15, 0.2) is 0 Å². The van der Waals surface area contributed by atoms with Crippen molar-refractivity contribution in [3.05, 3.63) is 35.9 Å². The van der Waals surface area contributed by atoms with Gasteiger partial charge in [-0.25, -0.2) is 4.79 Å². The Balaban J connectivity index is 2.23. The minimum absolute atomic E-state index is 0.0306. The number of hydrogen-bond acceptors (Lipinski definition) is 5. The predicted octanol–water partition coefficient (Wildman–Crippen LogP) is 3.82. The van der Waals surface area contributed by atoms with Crippen LogP contribution in [0.1, 0.15) is 91.0 Å². The van der Waals surface area contributed by atoms with Crippen molar-refractivity contribution in [1.82, 2.24) is 16.0 Å². The number of esters is 1. The number of carbonyl (C=O) groups is 4. The van der Waals surface area contributed by atoms with Crippen molar-refractivity contribution in [3.8, 4) is 0 Å². The summed E-state index contributed by atoms with van der Waals surface area (Å²) in [6.07, 6.45) is 7.05. The second-order valence-electron chi connectivity index (χ2n) is 10.6. The Morgan fingerprint density at radius 3 is 2.22 bits per heavy atom. The van der Waals surface area contributed by atoms with E-state index in [1.807, 2.05) is 44.2 Å². The lowest BCUT2D eigenvalue weighted by molar-refractivity contribution is -0.155. The molecule has 0 bridgehead atoms. The summed E-state index contributed by atoms with van der Waals surface area (Å²) in [7, 11) is 0. The van der Waals surface area contributed by atoms with Crippen molar-refractivity contribution in [3.63, 3.8) is 0 Å². The Bertz CT molecular complexity index is 874. The number of ether oxygens (including phenoxy) is 1. The fraction of sp³-hybridized carbons (Fsp3) is 0.655. The van der Waals surface area contributed by atoms with Crippen LogP contribution in [0.25, 0.3) is 0 Å². The molecule has 1 saturated heterocycles. The van der Waals surface area contributed by atoms with Gasteiger partial charge in [-0.15, -0.1) is 0 Å². The first-order valence-electron chi connectivity index (χ1n) is 13.8. The molecule has 1 aliphatic rings. The van der Waals surface area contributed by atoms with Gasteiger partial charge in [-0.3, -0.25) is 14.4 Å². The van der Waals surface area contributed by atoms with Crippen molar-refractivity contribution >= 4 is 23.7 Å². The molecular formula is C29H45N3O5. The van der Waals surface area contributed by atoms with Crippen molar-refractivity contribution in [2.45, 2.75) is 116 Å². The van der Waals surface area contributed by atoms with Crippen LogP contribution in [0.3, 0.4) is 0 Å². The predicted molar refractivity (Wildman–Crippen MR) is 144 cm³/mol. The summed E-state index contributed by atoms with van der Waals surface area (Å²) < 4.78 is 5.82. The largest absolute Gasteiger partial charge is 0.460 e. The monoisotopic (exact) mass is 515 g/mol. The highest BCUT2D eigenvalue weighted by molar-refractivity contribution is 5.94. The Kier molecular flexibility index (Phi) is 13.2. The second kappa shape index (κ2) is 16.0. The van der Waals surface area contributed by atoms with E-state index < -0.39 is 42.0 Å². The fourth-order valence-corrected chi connectivity index (χ4v) is 4.48. The summed E-state index contributed by atoms with van der Waals surface area (Å²) in [5.74, 6) is -1.67. The molecule has 0 aromatic heterocycles. The van der Waals surface area contributed by atoms with Gasteiger partial charge in [-0.1, -0.05) is 83.2 Å². The molecule has 206 valence electrons. The first kappa shape index (κ1) is 30.3. The van der Waals surface area contributed by atoms with Crippen LogP contribution in [0.4, 0.5) is 0 Å². The van der Waals surface area contributed by atoms with E-state index in [0.29, 0.717) is 12.8 Å². The topological polar surface area (TPSA) is 114 Å². The van der Waals surface area contributed by atoms with Gasteiger partial charge in [0.2, 0.25) is 17.7 Å². The summed E-state index contributed by atoms with van der Waals surface area (Å²) in [6, 6.07) is 6.81. The van der Waals surface area contributed by atoms with Crippen LogP contribution < -0.4 is 16.0 Å². The first-order chi connectivity index (χ1) is 17.7. The standard InChI is InChI=1S/C29H45N3O5/c1-5-6-7-8-9-13-16-23-19-26(33)31-24(18-22-14-11-10-12-15-22)28(35)30-21(4)27(34)32-25(17-20(2)3)29(36)37-23/h10-12,14-15,20-21,23-25H,5-9,13,16-19H2,1-4H3,(H,30,35)(H,31,33)(H,32,34)/t21-,23?,24-,25?/m0/s1. The van der Waals surface area contributed by atoms with Crippen LogP contribution in [0.15, 0.2) is 30.3 Å². The average Bonchev–Trinajstić information content (AvgIpc) is 2.85. The highest BCUT2D eigenvalue weighted by Crippen LogP contribution is 2.16. The first-order valence-corrected chi connectivity index (χ1v) is 13.8. The van der Waals surface area contributed by atoms with Gasteiger partial charge in [-0.05, 0) is 37.7 Å². The van der Waals surface area contributed by atoms with Crippen LogP contribution in [0, 0.1) is 5.92 Å². The molecule has 4 atom stereocenters. The van der Waals surface area contributed by atoms with E-state index in [1.54, 1.807) is 6.92 Å². The third-order valence-electron chi connectivity index (χ3n) is 6.57. The van der Waals surface area contributed by atoms with E-state index in [2.05, 4.69) is 22.9 Å². The molecule has 1 heterocycles. The molecule has 0 spiro atoms. The number of nitrogens with one attached hydrogen (secondary N) is 3. The van der Waals surface area contributed by atoms with Crippen LogP contribution in [-0.4, -0.2) is 47.9 Å². The van der Waals surface area contributed by atoms with Crippen LogP contribution >= 0.6 is 0 Å². The Labute approximate surface area is 221 Å². The summed E-state index contributed by atoms with van der Waals surface area (Å²) in [5, 5.41) is 8.28. The van der Waals surface area contributed by atoms with Crippen LogP contribution in [-0.2, 0) is 30.3 Å². The molecular weight excluding hydrogens is 470 g/mol. The van der Waals surface area contributed by atoms with Crippen molar-refractivity contribution in [2.75, 3.05) is 0 Å². The van der Waals surface area contributed by atoms with Crippen molar-refractivity contribution < 1.29 is 23.9 Å². The summed E-state index contributed by atoms with van der Waals surface area (Å²) in [6.45, 7) is 7.65. The van der Waals surface area contributed by atoms with Gasteiger partial charge in [0, 0.05) is 6.42 Å². The van der Waals surface area contributed by atoms with Gasteiger partial charge in [-0.2, -0.15) is 0 Å². The molecule has 0 radical (unpaired) electrons. The molecule has 0 aliphatic carbocycles. The molecule has 1 aromatic rings. The Hall–Kier alpha value is -2.90. The number of benzene rings is 1. The van der Waals surface area contributed by atoms with E-state index in [-0.39, 0.29) is 24.7 Å². The second-order valence-corrected chi connectivity index (χ2v) is 10.6. The van der Waals surface area contributed by atoms with Crippen molar-refractivity contribution in [2.24, 2.45) is 5.92 Å². The molecule has 3 N–H and O–H groups in total. The minimum Gasteiger partial charge on any atom is -0.460 e. The van der Waals surface area contributed by atoms with Gasteiger partial charge < -0.3 is 20.7 Å². The molecule has 1 fully saturated rings. The number of carbonyl (C=O) groups excluding carboxylic acids is 4. The molecule has 3 amide bonds. The highest BCUT2D eigenvalue weighted by atomic mass is 16.5. The summed E-state index contributed by atoms with van der Waals surface area (Å²) >= 11 is 0. The van der Waals surface area contributed by atoms with Crippen LogP contribution in [0.5, 0.6) is 0 Å². The van der Waals surface area contributed by atoms with E-state index in [1.165, 1.54) is 19.3 Å². The smallest absolute Gasteiger partial charge is 0.328 e. The lowest BCUT2D eigenvalue weighted by atomic mass is 10.0. The molecule has 37 heavy (non-hydrogen) atoms. The van der Waals surface area contributed by atoms with Crippen molar-refractivity contribution in [1.29, 1.82) is 0 Å². The number of unbranched alkanes of at least 4 members (excludes halogenated alkanes) is 5. The molecule has 0 saturated carbocycles. The highest BCUT2D eigenvalue weighted by Gasteiger charge is 2.32. The summed E-state index contributed by atoms with van der Waals surface area (Å²) in [4.78, 5) is 52.2. The van der Waals surface area contributed by atoms with E-state index in [0.717, 1.165) is 24.8 Å². The maximum Gasteiger partial charge on any atom is 0.328 e. The number of hydrogen-bond donors (Lipinski definition) is 3. The van der Waals surface area contributed by atoms with Crippen LogP contribution in [0.2, 0.25) is 0 Å². The minimum atomic E-state index is -0.884. The van der Waals surface area contributed by atoms with Gasteiger partial charge >= 0.3 is 5.97 Å².